The fourth-order valence-corrected chi connectivity index (χ4v) is 3.86. The molecule has 0 radical (unpaired) electrons. The number of ether oxygens (including phenoxy) is 2. The summed E-state index contributed by atoms with van der Waals surface area (Å²) in [5.41, 5.74) is 2.06. The predicted octanol–water partition coefficient (Wildman–Crippen LogP) is 1.20. The van der Waals surface area contributed by atoms with Gasteiger partial charge >= 0.3 is 0 Å². The Morgan fingerprint density at radius 3 is 2.76 bits per heavy atom. The number of anilines is 1. The largest absolute Gasteiger partial charge is 0.470 e. The summed E-state index contributed by atoms with van der Waals surface area (Å²) in [6.45, 7) is 8.76. The monoisotopic (exact) mass is 400 g/mol. The van der Waals surface area contributed by atoms with Gasteiger partial charge in [-0.3, -0.25) is 9.48 Å². The summed E-state index contributed by atoms with van der Waals surface area (Å²) in [5, 5.41) is 4.43. The van der Waals surface area contributed by atoms with E-state index in [2.05, 4.69) is 20.0 Å². The molecule has 2 fully saturated rings. The number of hydrogen-bond donors (Lipinski definition) is 0. The van der Waals surface area contributed by atoms with Gasteiger partial charge in [0.05, 0.1) is 25.5 Å². The molecule has 2 aliphatic heterocycles. The topological polar surface area (TPSA) is 85.6 Å². The summed E-state index contributed by atoms with van der Waals surface area (Å²) in [6, 6.07) is 2.02. The lowest BCUT2D eigenvalue weighted by atomic mass is 10.3. The molecule has 2 saturated heterocycles. The molecule has 2 aliphatic rings. The van der Waals surface area contributed by atoms with Crippen molar-refractivity contribution in [2.24, 2.45) is 0 Å². The van der Waals surface area contributed by atoms with Gasteiger partial charge in [-0.05, 0) is 19.9 Å². The fourth-order valence-electron chi connectivity index (χ4n) is 3.86. The second-order valence-corrected chi connectivity index (χ2v) is 7.55. The van der Waals surface area contributed by atoms with Crippen LogP contribution >= 0.6 is 0 Å². The number of aromatic nitrogens is 4. The highest BCUT2D eigenvalue weighted by atomic mass is 16.5. The average molecular weight is 400 g/mol. The van der Waals surface area contributed by atoms with E-state index in [0.29, 0.717) is 45.1 Å². The third kappa shape index (κ3) is 4.67. The highest BCUT2D eigenvalue weighted by Gasteiger charge is 2.29. The summed E-state index contributed by atoms with van der Waals surface area (Å²) in [7, 11) is 0. The molecule has 2 aromatic rings. The van der Waals surface area contributed by atoms with Gasteiger partial charge in [0.25, 0.3) is 5.88 Å². The van der Waals surface area contributed by atoms with Gasteiger partial charge in [0.1, 0.15) is 6.10 Å². The van der Waals surface area contributed by atoms with Crippen LogP contribution in [-0.4, -0.2) is 76.1 Å². The lowest BCUT2D eigenvalue weighted by Crippen LogP contribution is -2.37. The number of carbonyl (C=O) groups excluding carboxylic acids is 1. The van der Waals surface area contributed by atoms with Crippen molar-refractivity contribution in [3.05, 3.63) is 29.8 Å². The molecule has 29 heavy (non-hydrogen) atoms. The number of aryl methyl sites for hydroxylation is 3. The van der Waals surface area contributed by atoms with Crippen LogP contribution in [-0.2, 0) is 16.1 Å². The Morgan fingerprint density at radius 1 is 1.21 bits per heavy atom. The molecule has 1 amide bonds. The van der Waals surface area contributed by atoms with Crippen LogP contribution < -0.4 is 9.64 Å². The van der Waals surface area contributed by atoms with Gasteiger partial charge in [0.15, 0.2) is 5.82 Å². The van der Waals surface area contributed by atoms with Gasteiger partial charge in [-0.15, -0.1) is 0 Å². The standard InChI is InChI=1S/C20H28N6O3/c1-15-13-16(2)26(23-15)8-4-18(27)25-7-3-17(14-25)29-20-19(21-5-6-22-20)24-9-11-28-12-10-24/h5-6,13,17H,3-4,7-12,14H2,1-2H3. The van der Waals surface area contributed by atoms with Crippen molar-refractivity contribution >= 4 is 11.7 Å². The van der Waals surface area contributed by atoms with Gasteiger partial charge in [-0.2, -0.15) is 5.10 Å². The zero-order valence-electron chi connectivity index (χ0n) is 17.1. The number of nitrogens with zero attached hydrogens (tertiary/aromatic N) is 6. The average Bonchev–Trinajstić information content (AvgIpc) is 3.33. The van der Waals surface area contributed by atoms with E-state index in [4.69, 9.17) is 9.47 Å². The summed E-state index contributed by atoms with van der Waals surface area (Å²) < 4.78 is 13.5. The molecule has 9 heteroatoms. The minimum atomic E-state index is -0.0656. The van der Waals surface area contributed by atoms with Crippen LogP contribution in [0.3, 0.4) is 0 Å². The smallest absolute Gasteiger partial charge is 0.257 e. The second-order valence-electron chi connectivity index (χ2n) is 7.55. The minimum absolute atomic E-state index is 0.0656. The van der Waals surface area contributed by atoms with Gasteiger partial charge < -0.3 is 19.3 Å². The maximum Gasteiger partial charge on any atom is 0.257 e. The van der Waals surface area contributed by atoms with Crippen LogP contribution in [0, 0.1) is 13.8 Å². The van der Waals surface area contributed by atoms with Crippen molar-refractivity contribution in [1.29, 1.82) is 0 Å². The lowest BCUT2D eigenvalue weighted by molar-refractivity contribution is -0.130. The molecule has 2 aromatic heterocycles. The predicted molar refractivity (Wildman–Crippen MR) is 107 cm³/mol. The van der Waals surface area contributed by atoms with Crippen LogP contribution in [0.2, 0.25) is 0 Å². The number of likely N-dealkylation sites (tertiary alicyclic amines) is 1. The molecule has 0 spiro atoms. The number of morpholine rings is 1. The van der Waals surface area contributed by atoms with E-state index < -0.39 is 0 Å². The van der Waals surface area contributed by atoms with Crippen molar-refractivity contribution in [1.82, 2.24) is 24.6 Å². The summed E-state index contributed by atoms with van der Waals surface area (Å²) in [5.74, 6) is 1.43. The molecule has 156 valence electrons. The summed E-state index contributed by atoms with van der Waals surface area (Å²) >= 11 is 0. The molecule has 9 nitrogen and oxygen atoms in total. The Morgan fingerprint density at radius 2 is 2.00 bits per heavy atom. The number of hydrogen-bond acceptors (Lipinski definition) is 7. The van der Waals surface area contributed by atoms with Crippen LogP contribution in [0.1, 0.15) is 24.2 Å². The van der Waals surface area contributed by atoms with E-state index in [0.717, 1.165) is 36.7 Å². The fraction of sp³-hybridized carbons (Fsp3) is 0.600. The van der Waals surface area contributed by atoms with Gasteiger partial charge in [-0.25, -0.2) is 9.97 Å². The van der Waals surface area contributed by atoms with E-state index in [-0.39, 0.29) is 12.0 Å². The number of rotatable bonds is 6. The Labute approximate surface area is 170 Å². The maximum absolute atomic E-state index is 12.6. The second kappa shape index (κ2) is 8.77. The van der Waals surface area contributed by atoms with E-state index in [1.165, 1.54) is 0 Å². The van der Waals surface area contributed by atoms with Crippen molar-refractivity contribution in [2.45, 2.75) is 39.3 Å². The minimum Gasteiger partial charge on any atom is -0.470 e. The Kier molecular flexibility index (Phi) is 5.94. The molecular formula is C20H28N6O3. The first-order valence-electron chi connectivity index (χ1n) is 10.2. The lowest BCUT2D eigenvalue weighted by Gasteiger charge is -2.29. The molecule has 0 aromatic carbocycles. The SMILES string of the molecule is Cc1cc(C)n(CCC(=O)N2CCC(Oc3nccnc3N3CCOCC3)C2)n1. The summed E-state index contributed by atoms with van der Waals surface area (Å²) in [6.07, 6.45) is 4.50. The normalized spacial score (nSPS) is 19.6. The summed E-state index contributed by atoms with van der Waals surface area (Å²) in [4.78, 5) is 25.5. The first-order chi connectivity index (χ1) is 14.1. The zero-order valence-corrected chi connectivity index (χ0v) is 17.1. The van der Waals surface area contributed by atoms with Crippen molar-refractivity contribution in [3.8, 4) is 5.88 Å². The number of amides is 1. The van der Waals surface area contributed by atoms with Crippen molar-refractivity contribution < 1.29 is 14.3 Å². The molecule has 0 aliphatic carbocycles. The third-order valence-electron chi connectivity index (χ3n) is 5.37. The molecule has 0 saturated carbocycles. The van der Waals surface area contributed by atoms with E-state index in [1.54, 1.807) is 12.4 Å². The van der Waals surface area contributed by atoms with Gasteiger partial charge in [0, 0.05) is 57.1 Å². The van der Waals surface area contributed by atoms with Crippen LogP contribution in [0.15, 0.2) is 18.5 Å². The molecule has 4 heterocycles. The molecular weight excluding hydrogens is 372 g/mol. The quantitative estimate of drug-likeness (QED) is 0.720. The Hall–Kier alpha value is -2.68. The van der Waals surface area contributed by atoms with E-state index in [9.17, 15) is 4.79 Å². The maximum atomic E-state index is 12.6. The highest BCUT2D eigenvalue weighted by Crippen LogP contribution is 2.26. The third-order valence-corrected chi connectivity index (χ3v) is 5.37. The molecule has 1 atom stereocenters. The van der Waals surface area contributed by atoms with Crippen LogP contribution in [0.5, 0.6) is 5.88 Å². The van der Waals surface area contributed by atoms with Gasteiger partial charge in [0.2, 0.25) is 5.91 Å². The van der Waals surface area contributed by atoms with Crippen molar-refractivity contribution in [3.63, 3.8) is 0 Å². The highest BCUT2D eigenvalue weighted by molar-refractivity contribution is 5.76. The molecule has 0 bridgehead atoms. The molecule has 1 unspecified atom stereocenters. The first kappa shape index (κ1) is 19.6. The Bertz CT molecular complexity index is 848. The van der Waals surface area contributed by atoms with E-state index in [1.807, 2.05) is 29.5 Å². The van der Waals surface area contributed by atoms with E-state index >= 15 is 0 Å². The number of carbonyl (C=O) groups is 1. The first-order valence-corrected chi connectivity index (χ1v) is 10.2. The van der Waals surface area contributed by atoms with Crippen LogP contribution in [0.4, 0.5) is 5.82 Å². The molecule has 4 rings (SSSR count). The van der Waals surface area contributed by atoms with Crippen molar-refractivity contribution in [2.75, 3.05) is 44.3 Å². The van der Waals surface area contributed by atoms with Gasteiger partial charge in [-0.1, -0.05) is 0 Å². The van der Waals surface area contributed by atoms with Crippen LogP contribution in [0.25, 0.3) is 0 Å². The Balaban J connectivity index is 1.32. The zero-order chi connectivity index (χ0) is 20.2. The molecule has 0 N–H and O–H groups in total.